The Morgan fingerprint density at radius 3 is 2.88 bits per heavy atom. The van der Waals surface area contributed by atoms with E-state index < -0.39 is 0 Å². The van der Waals surface area contributed by atoms with Gasteiger partial charge in [0.1, 0.15) is 0 Å². The molecule has 1 aliphatic carbocycles. The molecule has 3 rings (SSSR count). The van der Waals surface area contributed by atoms with Crippen molar-refractivity contribution in [2.75, 3.05) is 0 Å². The second-order valence-electron chi connectivity index (χ2n) is 4.51. The summed E-state index contributed by atoms with van der Waals surface area (Å²) in [5.74, 6) is 0.655. The van der Waals surface area contributed by atoms with Gasteiger partial charge < -0.3 is 0 Å². The second-order valence-corrected chi connectivity index (χ2v) is 5.76. The van der Waals surface area contributed by atoms with E-state index in [0.29, 0.717) is 5.92 Å². The Morgan fingerprint density at radius 1 is 1.12 bits per heavy atom. The number of hydrogen-bond acceptors (Lipinski definition) is 0. The van der Waals surface area contributed by atoms with E-state index in [1.54, 1.807) is 0 Å². The minimum Gasteiger partial charge on any atom is -0.0833 e. The van der Waals surface area contributed by atoms with Gasteiger partial charge in [-0.05, 0) is 75.0 Å². The Morgan fingerprint density at radius 2 is 2.00 bits per heavy atom. The lowest BCUT2D eigenvalue weighted by Crippen LogP contribution is -1.99. The summed E-state index contributed by atoms with van der Waals surface area (Å²) in [7, 11) is 0. The van der Waals surface area contributed by atoms with Crippen LogP contribution in [0.5, 0.6) is 0 Å². The fourth-order valence-electron chi connectivity index (χ4n) is 2.40. The van der Waals surface area contributed by atoms with Crippen LogP contribution >= 0.6 is 22.6 Å². The predicted octanol–water partition coefficient (Wildman–Crippen LogP) is 4.96. The number of benzene rings is 2. The molecule has 0 amide bonds. The molecule has 2 aromatic rings. The standard InChI is InChI=1S/C15H13I/c1-10-3-2-4-12-7-11-5-6-14(16)8-13(11)9-15(10)12/h2,4-10H,3H2,1H3. The van der Waals surface area contributed by atoms with Crippen molar-refractivity contribution in [3.63, 3.8) is 0 Å². The first kappa shape index (κ1) is 10.3. The van der Waals surface area contributed by atoms with Crippen molar-refractivity contribution in [1.29, 1.82) is 0 Å². The van der Waals surface area contributed by atoms with Crippen molar-refractivity contribution >= 4 is 39.4 Å². The topological polar surface area (TPSA) is 0 Å². The molecule has 0 aliphatic heterocycles. The van der Waals surface area contributed by atoms with Gasteiger partial charge in [-0.1, -0.05) is 31.2 Å². The van der Waals surface area contributed by atoms with Crippen LogP contribution < -0.4 is 0 Å². The van der Waals surface area contributed by atoms with Gasteiger partial charge in [0.05, 0.1) is 0 Å². The fraction of sp³-hybridized carbons (Fsp3) is 0.200. The quantitative estimate of drug-likeness (QED) is 0.602. The van der Waals surface area contributed by atoms with Gasteiger partial charge in [0.15, 0.2) is 0 Å². The van der Waals surface area contributed by atoms with Crippen LogP contribution in [0.1, 0.15) is 30.4 Å². The average molecular weight is 320 g/mol. The zero-order valence-electron chi connectivity index (χ0n) is 9.20. The number of rotatable bonds is 0. The first-order valence-electron chi connectivity index (χ1n) is 5.64. The molecule has 16 heavy (non-hydrogen) atoms. The molecule has 0 aromatic heterocycles. The van der Waals surface area contributed by atoms with Gasteiger partial charge in [0.25, 0.3) is 0 Å². The van der Waals surface area contributed by atoms with Crippen LogP contribution in [0.3, 0.4) is 0 Å². The minimum absolute atomic E-state index is 0.655. The third kappa shape index (κ3) is 1.67. The Balaban J connectivity index is 2.31. The molecule has 80 valence electrons. The molecule has 0 saturated heterocycles. The summed E-state index contributed by atoms with van der Waals surface area (Å²) in [4.78, 5) is 0. The van der Waals surface area contributed by atoms with E-state index in [1.807, 2.05) is 0 Å². The van der Waals surface area contributed by atoms with Crippen molar-refractivity contribution in [1.82, 2.24) is 0 Å². The second kappa shape index (κ2) is 3.88. The summed E-state index contributed by atoms with van der Waals surface area (Å²) in [6.45, 7) is 2.31. The fourth-order valence-corrected chi connectivity index (χ4v) is 2.92. The molecule has 0 N–H and O–H groups in total. The van der Waals surface area contributed by atoms with E-state index in [2.05, 4.69) is 72.0 Å². The van der Waals surface area contributed by atoms with Gasteiger partial charge in [-0.15, -0.1) is 0 Å². The molecule has 0 saturated carbocycles. The van der Waals surface area contributed by atoms with Crippen LogP contribution in [0.2, 0.25) is 0 Å². The summed E-state index contributed by atoms with van der Waals surface area (Å²) in [5, 5.41) is 2.71. The van der Waals surface area contributed by atoms with Crippen molar-refractivity contribution < 1.29 is 0 Å². The Bertz CT molecular complexity index is 581. The van der Waals surface area contributed by atoms with Crippen LogP contribution in [0, 0.1) is 3.57 Å². The van der Waals surface area contributed by atoms with Crippen LogP contribution in [0.4, 0.5) is 0 Å². The zero-order chi connectivity index (χ0) is 11.1. The third-order valence-corrected chi connectivity index (χ3v) is 3.99. The lowest BCUT2D eigenvalue weighted by Gasteiger charge is -2.18. The number of halogens is 1. The van der Waals surface area contributed by atoms with Gasteiger partial charge in [-0.3, -0.25) is 0 Å². The van der Waals surface area contributed by atoms with Crippen molar-refractivity contribution in [2.24, 2.45) is 0 Å². The van der Waals surface area contributed by atoms with E-state index >= 15 is 0 Å². The first-order valence-corrected chi connectivity index (χ1v) is 6.71. The Hall–Kier alpha value is -0.830. The van der Waals surface area contributed by atoms with Gasteiger partial charge in [-0.25, -0.2) is 0 Å². The van der Waals surface area contributed by atoms with Crippen LogP contribution in [-0.4, -0.2) is 0 Å². The summed E-state index contributed by atoms with van der Waals surface area (Å²) >= 11 is 2.37. The van der Waals surface area contributed by atoms with Crippen molar-refractivity contribution in [2.45, 2.75) is 19.3 Å². The molecule has 1 aliphatic rings. The van der Waals surface area contributed by atoms with Crippen LogP contribution in [0.15, 0.2) is 36.4 Å². The van der Waals surface area contributed by atoms with Gasteiger partial charge in [-0.2, -0.15) is 0 Å². The van der Waals surface area contributed by atoms with Gasteiger partial charge >= 0.3 is 0 Å². The monoisotopic (exact) mass is 320 g/mol. The maximum atomic E-state index is 2.37. The molecule has 0 bridgehead atoms. The SMILES string of the molecule is CC1CC=Cc2cc3ccc(I)cc3cc21. The maximum absolute atomic E-state index is 2.37. The molecule has 1 heteroatoms. The Kier molecular flexibility index (Phi) is 2.51. The lowest BCUT2D eigenvalue weighted by atomic mass is 9.87. The molecule has 0 fully saturated rings. The van der Waals surface area contributed by atoms with Crippen molar-refractivity contribution in [3.8, 4) is 0 Å². The highest BCUT2D eigenvalue weighted by molar-refractivity contribution is 14.1. The minimum atomic E-state index is 0.655. The van der Waals surface area contributed by atoms with E-state index in [-0.39, 0.29) is 0 Å². The highest BCUT2D eigenvalue weighted by atomic mass is 127. The highest BCUT2D eigenvalue weighted by Gasteiger charge is 2.13. The predicted molar refractivity (Wildman–Crippen MR) is 78.7 cm³/mol. The highest BCUT2D eigenvalue weighted by Crippen LogP contribution is 2.32. The summed E-state index contributed by atoms with van der Waals surface area (Å²) in [6.07, 6.45) is 5.71. The van der Waals surface area contributed by atoms with Crippen molar-refractivity contribution in [3.05, 3.63) is 51.1 Å². The van der Waals surface area contributed by atoms with Crippen LogP contribution in [-0.2, 0) is 0 Å². The molecule has 1 atom stereocenters. The molecule has 0 heterocycles. The average Bonchev–Trinajstić information content (AvgIpc) is 2.28. The normalized spacial score (nSPS) is 18.8. The summed E-state index contributed by atoms with van der Waals surface area (Å²) in [6, 6.07) is 11.3. The lowest BCUT2D eigenvalue weighted by molar-refractivity contribution is 0.773. The molecule has 0 spiro atoms. The van der Waals surface area contributed by atoms with Gasteiger partial charge in [0, 0.05) is 3.57 Å². The molecule has 2 aromatic carbocycles. The molecule has 0 radical (unpaired) electrons. The zero-order valence-corrected chi connectivity index (χ0v) is 11.4. The van der Waals surface area contributed by atoms with E-state index in [1.165, 1.54) is 31.9 Å². The number of allylic oxidation sites excluding steroid dienone is 1. The van der Waals surface area contributed by atoms with Crippen LogP contribution in [0.25, 0.3) is 16.8 Å². The Labute approximate surface area is 110 Å². The third-order valence-electron chi connectivity index (χ3n) is 3.32. The van der Waals surface area contributed by atoms with E-state index in [4.69, 9.17) is 0 Å². The molecule has 0 nitrogen and oxygen atoms in total. The number of hydrogen-bond donors (Lipinski definition) is 0. The maximum Gasteiger partial charge on any atom is 0.0136 e. The largest absolute Gasteiger partial charge is 0.0833 e. The smallest absolute Gasteiger partial charge is 0.0136 e. The van der Waals surface area contributed by atoms with E-state index in [9.17, 15) is 0 Å². The van der Waals surface area contributed by atoms with E-state index in [0.717, 1.165) is 0 Å². The molecular formula is C15H13I. The summed E-state index contributed by atoms with van der Waals surface area (Å²) in [5.41, 5.74) is 2.89. The molecular weight excluding hydrogens is 307 g/mol. The number of fused-ring (bicyclic) bond motifs is 2. The molecule has 1 unspecified atom stereocenters. The first-order chi connectivity index (χ1) is 7.74. The van der Waals surface area contributed by atoms with Gasteiger partial charge in [0.2, 0.25) is 0 Å². The summed E-state index contributed by atoms with van der Waals surface area (Å²) < 4.78 is 1.31.